The molecule has 1 saturated carbocycles. The smallest absolute Gasteiger partial charge is 0.264 e. The maximum Gasteiger partial charge on any atom is 0.264 e. The second kappa shape index (κ2) is 7.50. The van der Waals surface area contributed by atoms with Gasteiger partial charge in [-0.2, -0.15) is 0 Å². The average Bonchev–Trinajstić information content (AvgIpc) is 3.44. The van der Waals surface area contributed by atoms with Crippen LogP contribution in [-0.2, 0) is 21.2 Å². The van der Waals surface area contributed by atoms with Crippen LogP contribution in [0.1, 0.15) is 30.9 Å². The minimum atomic E-state index is -3.83. The van der Waals surface area contributed by atoms with E-state index in [2.05, 4.69) is 5.32 Å². The minimum Gasteiger partial charge on any atom is -0.352 e. The van der Waals surface area contributed by atoms with Crippen LogP contribution in [0.4, 0.5) is 5.69 Å². The molecule has 0 bridgehead atoms. The van der Waals surface area contributed by atoms with Gasteiger partial charge in [0, 0.05) is 6.04 Å². The molecule has 0 unspecified atom stereocenters. The number of sulfonamides is 1. The zero-order chi connectivity index (χ0) is 18.7. The Morgan fingerprint density at radius 2 is 1.69 bits per heavy atom. The molecule has 138 valence electrons. The van der Waals surface area contributed by atoms with Gasteiger partial charge in [0.25, 0.3) is 10.0 Å². The Morgan fingerprint density at radius 1 is 1.08 bits per heavy atom. The molecule has 5 nitrogen and oxygen atoms in total. The van der Waals surface area contributed by atoms with Gasteiger partial charge in [-0.3, -0.25) is 9.10 Å². The first kappa shape index (κ1) is 18.5. The van der Waals surface area contributed by atoms with E-state index < -0.39 is 10.0 Å². The average molecular weight is 372 g/mol. The second-order valence-electron chi connectivity index (χ2n) is 6.69. The van der Waals surface area contributed by atoms with Crippen molar-refractivity contribution < 1.29 is 13.2 Å². The summed E-state index contributed by atoms with van der Waals surface area (Å²) in [5.41, 5.74) is 2.59. The highest BCUT2D eigenvalue weighted by molar-refractivity contribution is 7.92. The lowest BCUT2D eigenvalue weighted by Crippen LogP contribution is -2.41. The molecule has 1 fully saturated rings. The van der Waals surface area contributed by atoms with E-state index in [4.69, 9.17) is 0 Å². The molecule has 2 aromatic rings. The number of amides is 1. The zero-order valence-corrected chi connectivity index (χ0v) is 15.9. The van der Waals surface area contributed by atoms with Crippen LogP contribution in [0, 0.1) is 6.92 Å². The highest BCUT2D eigenvalue weighted by Gasteiger charge is 2.29. The summed E-state index contributed by atoms with van der Waals surface area (Å²) in [6.45, 7) is 3.72. The summed E-state index contributed by atoms with van der Waals surface area (Å²) >= 11 is 0. The van der Waals surface area contributed by atoms with E-state index in [1.807, 2.05) is 26.0 Å². The minimum absolute atomic E-state index is 0.182. The third-order valence-electron chi connectivity index (χ3n) is 4.47. The van der Waals surface area contributed by atoms with Crippen molar-refractivity contribution in [2.45, 2.75) is 44.0 Å². The molecule has 0 heterocycles. The molecular formula is C20H24N2O3S. The second-order valence-corrected chi connectivity index (χ2v) is 8.55. The van der Waals surface area contributed by atoms with Crippen molar-refractivity contribution in [3.63, 3.8) is 0 Å². The van der Waals surface area contributed by atoms with E-state index in [0.717, 1.165) is 30.4 Å². The largest absolute Gasteiger partial charge is 0.352 e. The van der Waals surface area contributed by atoms with Gasteiger partial charge in [-0.1, -0.05) is 36.8 Å². The molecule has 3 rings (SSSR count). The Labute approximate surface area is 155 Å². The molecule has 1 aliphatic rings. The summed E-state index contributed by atoms with van der Waals surface area (Å²) in [5.74, 6) is -0.275. The van der Waals surface area contributed by atoms with Crippen LogP contribution in [0.3, 0.4) is 0 Å². The van der Waals surface area contributed by atoms with Crippen LogP contribution >= 0.6 is 0 Å². The fourth-order valence-corrected chi connectivity index (χ4v) is 4.10. The van der Waals surface area contributed by atoms with E-state index in [9.17, 15) is 13.2 Å². The summed E-state index contributed by atoms with van der Waals surface area (Å²) in [4.78, 5) is 12.5. The van der Waals surface area contributed by atoms with Gasteiger partial charge in [0.15, 0.2) is 0 Å². The fraction of sp³-hybridized carbons (Fsp3) is 0.350. The zero-order valence-electron chi connectivity index (χ0n) is 15.1. The Hall–Kier alpha value is -2.34. The Balaban J connectivity index is 1.94. The molecule has 6 heteroatoms. The molecule has 2 aromatic carbocycles. The summed E-state index contributed by atoms with van der Waals surface area (Å²) in [6.07, 6.45) is 2.79. The lowest BCUT2D eigenvalue weighted by molar-refractivity contribution is -0.119. The standard InChI is InChI=1S/C20H24N2O3S/c1-3-16-6-10-18(11-7-16)22(14-20(23)21-17-8-9-17)26(24,25)19-12-4-15(2)5-13-19/h4-7,10-13,17H,3,8-9,14H2,1-2H3,(H,21,23). The van der Waals surface area contributed by atoms with Gasteiger partial charge in [0.2, 0.25) is 5.91 Å². The quantitative estimate of drug-likeness (QED) is 0.812. The van der Waals surface area contributed by atoms with Gasteiger partial charge in [-0.25, -0.2) is 8.42 Å². The monoisotopic (exact) mass is 372 g/mol. The van der Waals surface area contributed by atoms with Crippen molar-refractivity contribution >= 4 is 21.6 Å². The first-order chi connectivity index (χ1) is 12.4. The molecule has 1 aliphatic carbocycles. The topological polar surface area (TPSA) is 66.5 Å². The first-order valence-electron chi connectivity index (χ1n) is 8.88. The van der Waals surface area contributed by atoms with Crippen molar-refractivity contribution in [1.82, 2.24) is 5.32 Å². The van der Waals surface area contributed by atoms with Crippen LogP contribution in [0.2, 0.25) is 0 Å². The van der Waals surface area contributed by atoms with Gasteiger partial charge in [0.1, 0.15) is 6.54 Å². The maximum atomic E-state index is 13.2. The van der Waals surface area contributed by atoms with Gasteiger partial charge in [-0.05, 0) is 56.0 Å². The number of rotatable bonds is 7. The molecular weight excluding hydrogens is 348 g/mol. The SMILES string of the molecule is CCc1ccc(N(CC(=O)NC2CC2)S(=O)(=O)c2ccc(C)cc2)cc1. The van der Waals surface area contributed by atoms with Gasteiger partial charge < -0.3 is 5.32 Å². The number of aryl methyl sites for hydroxylation is 2. The predicted octanol–water partition coefficient (Wildman–Crippen LogP) is 3.03. The molecule has 0 spiro atoms. The first-order valence-corrected chi connectivity index (χ1v) is 10.3. The van der Waals surface area contributed by atoms with E-state index in [0.29, 0.717) is 5.69 Å². The van der Waals surface area contributed by atoms with Crippen LogP contribution in [-0.4, -0.2) is 26.9 Å². The number of carbonyl (C=O) groups excluding carboxylic acids is 1. The highest BCUT2D eigenvalue weighted by Crippen LogP contribution is 2.25. The number of hydrogen-bond acceptors (Lipinski definition) is 3. The van der Waals surface area contributed by atoms with E-state index in [1.54, 1.807) is 36.4 Å². The van der Waals surface area contributed by atoms with Gasteiger partial charge in [0.05, 0.1) is 10.6 Å². The van der Waals surface area contributed by atoms with Gasteiger partial charge >= 0.3 is 0 Å². The predicted molar refractivity (Wildman–Crippen MR) is 103 cm³/mol. The molecule has 26 heavy (non-hydrogen) atoms. The molecule has 0 aliphatic heterocycles. The Kier molecular flexibility index (Phi) is 5.32. The lowest BCUT2D eigenvalue weighted by Gasteiger charge is -2.24. The third kappa shape index (κ3) is 4.25. The number of anilines is 1. The van der Waals surface area contributed by atoms with Gasteiger partial charge in [-0.15, -0.1) is 0 Å². The van der Waals surface area contributed by atoms with Crippen molar-refractivity contribution in [2.24, 2.45) is 0 Å². The van der Waals surface area contributed by atoms with Crippen LogP contribution in [0.25, 0.3) is 0 Å². The summed E-state index contributed by atoms with van der Waals surface area (Å²) < 4.78 is 27.6. The molecule has 0 aromatic heterocycles. The number of benzene rings is 2. The van der Waals surface area contributed by atoms with E-state index in [-0.39, 0.29) is 23.4 Å². The Bertz CT molecular complexity index is 870. The van der Waals surface area contributed by atoms with E-state index in [1.165, 1.54) is 4.31 Å². The van der Waals surface area contributed by atoms with Crippen LogP contribution in [0.5, 0.6) is 0 Å². The molecule has 0 atom stereocenters. The lowest BCUT2D eigenvalue weighted by atomic mass is 10.1. The van der Waals surface area contributed by atoms with E-state index >= 15 is 0 Å². The van der Waals surface area contributed by atoms with Crippen LogP contribution in [0.15, 0.2) is 53.4 Å². The number of carbonyl (C=O) groups is 1. The van der Waals surface area contributed by atoms with Crippen LogP contribution < -0.4 is 9.62 Å². The molecule has 1 amide bonds. The van der Waals surface area contributed by atoms with Crippen molar-refractivity contribution in [1.29, 1.82) is 0 Å². The molecule has 1 N–H and O–H groups in total. The van der Waals surface area contributed by atoms with Crippen molar-refractivity contribution in [3.8, 4) is 0 Å². The van der Waals surface area contributed by atoms with Crippen molar-refractivity contribution in [2.75, 3.05) is 10.8 Å². The highest BCUT2D eigenvalue weighted by atomic mass is 32.2. The maximum absolute atomic E-state index is 13.2. The summed E-state index contributed by atoms with van der Waals surface area (Å²) in [5, 5.41) is 2.86. The normalized spacial score (nSPS) is 14.1. The van der Waals surface area contributed by atoms with Crippen molar-refractivity contribution in [3.05, 3.63) is 59.7 Å². The Morgan fingerprint density at radius 3 is 2.23 bits per heavy atom. The summed E-state index contributed by atoms with van der Waals surface area (Å²) in [6, 6.07) is 14.2. The number of nitrogens with zero attached hydrogens (tertiary/aromatic N) is 1. The summed E-state index contributed by atoms with van der Waals surface area (Å²) in [7, 11) is -3.83. The molecule has 0 saturated heterocycles. The third-order valence-corrected chi connectivity index (χ3v) is 6.26. The fourth-order valence-electron chi connectivity index (χ4n) is 2.68. The molecule has 0 radical (unpaired) electrons. The number of nitrogens with one attached hydrogen (secondary N) is 1. The number of hydrogen-bond donors (Lipinski definition) is 1.